The second kappa shape index (κ2) is 6.85. The molecule has 0 saturated heterocycles. The third-order valence-electron chi connectivity index (χ3n) is 3.49. The molecular formula is C18H20O3P+. The van der Waals surface area contributed by atoms with Crippen molar-refractivity contribution < 1.29 is 13.9 Å². The Bertz CT molecular complexity index is 712. The molecule has 1 atom stereocenters. The standard InChI is InChI=1S/C18H20O3P/c1-5-22(20)21-16-9-7-6-8-15(16)18(19)17-13(3)10-12(2)11-14(17)4/h6-11H,5H2,1-4H3/q+1. The Kier molecular flexibility index (Phi) is 5.10. The highest BCUT2D eigenvalue weighted by atomic mass is 31.1. The Hall–Kier alpha value is -1.99. The van der Waals surface area contributed by atoms with Gasteiger partial charge < -0.3 is 0 Å². The van der Waals surface area contributed by atoms with E-state index in [1.165, 1.54) is 0 Å². The van der Waals surface area contributed by atoms with E-state index in [-0.39, 0.29) is 5.78 Å². The Morgan fingerprint density at radius 3 is 2.27 bits per heavy atom. The van der Waals surface area contributed by atoms with Crippen LogP contribution < -0.4 is 4.52 Å². The van der Waals surface area contributed by atoms with E-state index < -0.39 is 8.03 Å². The van der Waals surface area contributed by atoms with Crippen LogP contribution in [0.15, 0.2) is 36.4 Å². The van der Waals surface area contributed by atoms with Gasteiger partial charge in [-0.05, 0) is 55.5 Å². The smallest absolute Gasteiger partial charge is 0.288 e. The molecule has 114 valence electrons. The van der Waals surface area contributed by atoms with Crippen molar-refractivity contribution in [2.45, 2.75) is 27.7 Å². The summed E-state index contributed by atoms with van der Waals surface area (Å²) < 4.78 is 17.1. The molecule has 2 aromatic rings. The van der Waals surface area contributed by atoms with Gasteiger partial charge in [0.1, 0.15) is 0 Å². The fourth-order valence-electron chi connectivity index (χ4n) is 2.58. The lowest BCUT2D eigenvalue weighted by atomic mass is 9.93. The molecule has 0 spiro atoms. The highest BCUT2D eigenvalue weighted by Gasteiger charge is 2.23. The molecule has 0 saturated carbocycles. The van der Waals surface area contributed by atoms with Gasteiger partial charge in [0, 0.05) is 5.56 Å². The molecule has 0 aliphatic carbocycles. The highest BCUT2D eigenvalue weighted by Crippen LogP contribution is 2.31. The Labute approximate surface area is 132 Å². The van der Waals surface area contributed by atoms with Crippen molar-refractivity contribution in [2.75, 3.05) is 6.16 Å². The molecule has 4 heteroatoms. The van der Waals surface area contributed by atoms with Crippen molar-refractivity contribution in [1.29, 1.82) is 0 Å². The predicted molar refractivity (Wildman–Crippen MR) is 89.3 cm³/mol. The average molecular weight is 315 g/mol. The number of ketones is 1. The van der Waals surface area contributed by atoms with Crippen molar-refractivity contribution in [1.82, 2.24) is 0 Å². The van der Waals surface area contributed by atoms with Crippen LogP contribution in [0.4, 0.5) is 0 Å². The van der Waals surface area contributed by atoms with Gasteiger partial charge in [-0.25, -0.2) is 0 Å². The molecule has 0 bridgehead atoms. The molecule has 0 N–H and O–H groups in total. The van der Waals surface area contributed by atoms with Crippen LogP contribution in [0.2, 0.25) is 0 Å². The molecule has 2 rings (SSSR count). The molecule has 0 amide bonds. The fraction of sp³-hybridized carbons (Fsp3) is 0.278. The molecule has 0 fully saturated rings. The molecule has 0 heterocycles. The number of aryl methyl sites for hydroxylation is 3. The van der Waals surface area contributed by atoms with Crippen molar-refractivity contribution in [2.24, 2.45) is 0 Å². The molecule has 2 aromatic carbocycles. The summed E-state index contributed by atoms with van der Waals surface area (Å²) in [5, 5.41) is 0. The van der Waals surface area contributed by atoms with E-state index in [2.05, 4.69) is 0 Å². The minimum atomic E-state index is -1.79. The summed E-state index contributed by atoms with van der Waals surface area (Å²) in [6.45, 7) is 7.67. The first-order chi connectivity index (χ1) is 10.4. The van der Waals surface area contributed by atoms with Crippen molar-refractivity contribution in [3.63, 3.8) is 0 Å². The van der Waals surface area contributed by atoms with Crippen molar-refractivity contribution in [3.8, 4) is 5.75 Å². The van der Waals surface area contributed by atoms with Gasteiger partial charge >= 0.3 is 8.03 Å². The summed E-state index contributed by atoms with van der Waals surface area (Å²) in [7, 11) is -1.79. The van der Waals surface area contributed by atoms with E-state index in [1.54, 1.807) is 31.2 Å². The van der Waals surface area contributed by atoms with E-state index in [9.17, 15) is 9.36 Å². The molecule has 1 unspecified atom stereocenters. The molecule has 0 aromatic heterocycles. The van der Waals surface area contributed by atoms with Crippen LogP contribution in [0, 0.1) is 20.8 Å². The summed E-state index contributed by atoms with van der Waals surface area (Å²) in [4.78, 5) is 12.9. The van der Waals surface area contributed by atoms with E-state index in [4.69, 9.17) is 4.52 Å². The van der Waals surface area contributed by atoms with Gasteiger partial charge in [0.2, 0.25) is 0 Å². The number of para-hydroxylation sites is 1. The third-order valence-corrected chi connectivity index (χ3v) is 4.41. The van der Waals surface area contributed by atoms with Crippen LogP contribution in [0.25, 0.3) is 0 Å². The van der Waals surface area contributed by atoms with Gasteiger partial charge in [-0.1, -0.05) is 29.8 Å². The lowest BCUT2D eigenvalue weighted by molar-refractivity contribution is 0.103. The van der Waals surface area contributed by atoms with Crippen LogP contribution in [-0.4, -0.2) is 11.9 Å². The van der Waals surface area contributed by atoms with Crippen molar-refractivity contribution >= 4 is 13.8 Å². The SMILES string of the molecule is CC[P+](=O)Oc1ccccc1C(=O)c1c(C)cc(C)cc1C. The normalized spacial score (nSPS) is 11.2. The Morgan fingerprint density at radius 1 is 1.09 bits per heavy atom. The monoisotopic (exact) mass is 315 g/mol. The van der Waals surface area contributed by atoms with Crippen LogP contribution in [0.5, 0.6) is 5.75 Å². The number of carbonyl (C=O) groups is 1. The second-order valence-electron chi connectivity index (χ2n) is 5.34. The summed E-state index contributed by atoms with van der Waals surface area (Å²) >= 11 is 0. The lowest BCUT2D eigenvalue weighted by Gasteiger charge is -2.11. The predicted octanol–water partition coefficient (Wildman–Crippen LogP) is 4.98. The largest absolute Gasteiger partial charge is 0.555 e. The second-order valence-corrected chi connectivity index (χ2v) is 6.82. The van der Waals surface area contributed by atoms with E-state index >= 15 is 0 Å². The van der Waals surface area contributed by atoms with Gasteiger partial charge in [-0.15, -0.1) is 0 Å². The van der Waals surface area contributed by atoms with Gasteiger partial charge in [0.25, 0.3) is 0 Å². The van der Waals surface area contributed by atoms with Crippen molar-refractivity contribution in [3.05, 3.63) is 64.2 Å². The van der Waals surface area contributed by atoms with Gasteiger partial charge in [0.05, 0.1) is 5.56 Å². The zero-order chi connectivity index (χ0) is 16.3. The van der Waals surface area contributed by atoms with E-state index in [0.29, 0.717) is 23.0 Å². The van der Waals surface area contributed by atoms with Gasteiger partial charge in [-0.3, -0.25) is 9.32 Å². The highest BCUT2D eigenvalue weighted by molar-refractivity contribution is 7.39. The Morgan fingerprint density at radius 2 is 1.68 bits per heavy atom. The first-order valence-electron chi connectivity index (χ1n) is 7.28. The number of rotatable bonds is 5. The molecule has 3 nitrogen and oxygen atoms in total. The fourth-order valence-corrected chi connectivity index (χ4v) is 3.09. The lowest BCUT2D eigenvalue weighted by Crippen LogP contribution is -2.08. The summed E-state index contributed by atoms with van der Waals surface area (Å²) in [5.41, 5.74) is 4.15. The summed E-state index contributed by atoms with van der Waals surface area (Å²) in [6, 6.07) is 11.0. The summed E-state index contributed by atoms with van der Waals surface area (Å²) in [5.74, 6) is 0.292. The molecule has 0 aliphatic heterocycles. The van der Waals surface area contributed by atoms with Gasteiger partial charge in [-0.2, -0.15) is 0 Å². The maximum absolute atomic E-state index is 12.9. The van der Waals surface area contributed by atoms with E-state index in [0.717, 1.165) is 16.7 Å². The number of hydrogen-bond acceptors (Lipinski definition) is 3. The van der Waals surface area contributed by atoms with E-state index in [1.807, 2.05) is 32.9 Å². The Balaban J connectivity index is 2.49. The maximum Gasteiger partial charge on any atom is 0.555 e. The zero-order valence-electron chi connectivity index (χ0n) is 13.3. The average Bonchev–Trinajstić information content (AvgIpc) is 2.46. The first-order valence-corrected chi connectivity index (χ1v) is 8.64. The number of benzene rings is 2. The number of hydrogen-bond donors (Lipinski definition) is 0. The molecular weight excluding hydrogens is 295 g/mol. The third kappa shape index (κ3) is 3.42. The minimum absolute atomic E-state index is 0.0925. The van der Waals surface area contributed by atoms with Crippen LogP contribution >= 0.6 is 8.03 Å². The van der Waals surface area contributed by atoms with Crippen LogP contribution in [0.1, 0.15) is 39.5 Å². The number of carbonyl (C=O) groups excluding carboxylic acids is 1. The topological polar surface area (TPSA) is 43.4 Å². The zero-order valence-corrected chi connectivity index (χ0v) is 14.2. The minimum Gasteiger partial charge on any atom is -0.288 e. The van der Waals surface area contributed by atoms with Crippen LogP contribution in [0.3, 0.4) is 0 Å². The molecule has 22 heavy (non-hydrogen) atoms. The maximum atomic E-state index is 12.9. The van der Waals surface area contributed by atoms with Gasteiger partial charge in [0.15, 0.2) is 17.7 Å². The first kappa shape index (κ1) is 16.4. The van der Waals surface area contributed by atoms with Crippen LogP contribution in [-0.2, 0) is 4.57 Å². The molecule has 0 aliphatic rings. The molecule has 0 radical (unpaired) electrons. The quantitative estimate of drug-likeness (QED) is 0.577. The summed E-state index contributed by atoms with van der Waals surface area (Å²) in [6.07, 6.45) is 0.417.